The average molecular weight is 630 g/mol. The summed E-state index contributed by atoms with van der Waals surface area (Å²) in [6.45, 7) is -1.87. The third kappa shape index (κ3) is 5.01. The van der Waals surface area contributed by atoms with Crippen LogP contribution in [0, 0.1) is 0 Å². The van der Waals surface area contributed by atoms with E-state index in [0.29, 0.717) is 6.07 Å². The summed E-state index contributed by atoms with van der Waals surface area (Å²) in [6.07, 6.45) is -11.7. The summed E-state index contributed by atoms with van der Waals surface area (Å²) in [4.78, 5) is 2.38. The minimum Gasteiger partial charge on any atom is -0.743 e. The van der Waals surface area contributed by atoms with Crippen LogP contribution in [0.5, 0.6) is 0 Å². The number of quaternary nitrogens is 2. The molecule has 0 aliphatic carbocycles. The number of nitrogens with one attached hydrogen (secondary N) is 1. The molecule has 0 bridgehead atoms. The second-order valence-electron chi connectivity index (χ2n) is 10.3. The molecule has 3 heterocycles. The van der Waals surface area contributed by atoms with Crippen LogP contribution < -0.4 is 19.2 Å². The Labute approximate surface area is 233 Å². The molecule has 2 aromatic rings. The lowest BCUT2D eigenvalue weighted by atomic mass is 10.1. The van der Waals surface area contributed by atoms with Gasteiger partial charge in [-0.05, 0) is 30.3 Å². The fraction of sp³-hybridized carbons (Fsp3) is 0.360. The van der Waals surface area contributed by atoms with Crippen molar-refractivity contribution in [3.05, 3.63) is 71.6 Å². The van der Waals surface area contributed by atoms with Gasteiger partial charge in [0.2, 0.25) is 11.2 Å². The minimum atomic E-state index is -4.98. The maximum Gasteiger partial charge on any atom is 0.438 e. The highest BCUT2D eigenvalue weighted by atomic mass is 32.2. The molecular weight excluding hydrogens is 607 g/mol. The predicted octanol–water partition coefficient (Wildman–Crippen LogP) is 4.32. The van der Waals surface area contributed by atoms with Crippen LogP contribution in [0.4, 0.5) is 62.3 Å². The fourth-order valence-corrected chi connectivity index (χ4v) is 6.88. The number of nitrogens with zero attached hydrogens (tertiary/aromatic N) is 3. The van der Waals surface area contributed by atoms with Crippen molar-refractivity contribution >= 4 is 32.9 Å². The molecule has 3 aliphatic heterocycles. The Morgan fingerprint density at radius 1 is 0.952 bits per heavy atom. The lowest BCUT2D eigenvalue weighted by Crippen LogP contribution is -3.12. The van der Waals surface area contributed by atoms with Crippen molar-refractivity contribution in [2.45, 2.75) is 30.1 Å². The lowest BCUT2D eigenvalue weighted by Gasteiger charge is -2.24. The van der Waals surface area contributed by atoms with Crippen molar-refractivity contribution in [3.8, 4) is 0 Å². The summed E-state index contributed by atoms with van der Waals surface area (Å²) in [6, 6.07) is 5.17. The zero-order valence-electron chi connectivity index (χ0n) is 21.6. The number of hydrogen-bond acceptors (Lipinski definition) is 5. The lowest BCUT2D eigenvalue weighted by molar-refractivity contribution is -0.858. The van der Waals surface area contributed by atoms with Gasteiger partial charge in [0, 0.05) is 32.3 Å². The third-order valence-corrected chi connectivity index (χ3v) is 8.91. The van der Waals surface area contributed by atoms with Crippen molar-refractivity contribution in [1.82, 2.24) is 4.48 Å². The van der Waals surface area contributed by atoms with Gasteiger partial charge >= 0.3 is 18.5 Å². The number of benzene rings is 2. The first-order valence-corrected chi connectivity index (χ1v) is 13.7. The second-order valence-corrected chi connectivity index (χ2v) is 11.8. The van der Waals surface area contributed by atoms with Gasteiger partial charge in [0.05, 0.1) is 11.1 Å². The fourth-order valence-electron chi connectivity index (χ4n) is 5.80. The van der Waals surface area contributed by atoms with E-state index in [-0.39, 0.29) is 40.0 Å². The van der Waals surface area contributed by atoms with Crippen LogP contribution in [0.1, 0.15) is 11.1 Å². The standard InChI is InChI=1S/C25H21F9N4O3S/c1-35-16-8-6-14(24(29,30)31)10-18(16)37(13-23(26,27)28)20(35)4-3-5-21-36(2)17-9-7-15(25(32,33)34)11-19(17)38(21)12-22(38)42(39,40)41/h3-11,20,22H,12-13H2,1-2H3/p+1/b4-3+,21-5+. The first-order valence-electron chi connectivity index (χ1n) is 12.2. The maximum atomic E-state index is 13.5. The quantitative estimate of drug-likeness (QED) is 0.236. The number of allylic oxidation sites excluding steroid dienone is 2. The van der Waals surface area contributed by atoms with Gasteiger partial charge in [-0.1, -0.05) is 6.08 Å². The van der Waals surface area contributed by atoms with E-state index >= 15 is 0 Å². The highest BCUT2D eigenvalue weighted by Gasteiger charge is 2.69. The molecule has 2 aromatic carbocycles. The topological polar surface area (TPSA) is 68.1 Å². The van der Waals surface area contributed by atoms with Crippen LogP contribution in [0.3, 0.4) is 0 Å². The molecule has 3 aliphatic rings. The highest BCUT2D eigenvalue weighted by Crippen LogP contribution is 2.57. The Hall–Kier alpha value is -3.28. The molecule has 17 heteroatoms. The molecule has 0 saturated carbocycles. The first-order chi connectivity index (χ1) is 19.2. The second kappa shape index (κ2) is 9.36. The molecule has 1 spiro atoms. The molecular formula is C25H22F9N4O3S+. The molecule has 4 atom stereocenters. The van der Waals surface area contributed by atoms with Crippen LogP contribution in [0.25, 0.3) is 0 Å². The summed E-state index contributed by atoms with van der Waals surface area (Å²) in [5.41, 5.74) is -2.17. The molecule has 1 fully saturated rings. The predicted molar refractivity (Wildman–Crippen MR) is 132 cm³/mol. The number of alkyl halides is 9. The first kappa shape index (κ1) is 30.2. The van der Waals surface area contributed by atoms with E-state index in [1.807, 2.05) is 0 Å². The maximum absolute atomic E-state index is 13.5. The van der Waals surface area contributed by atoms with Gasteiger partial charge < -0.3 is 9.45 Å². The monoisotopic (exact) mass is 629 g/mol. The Morgan fingerprint density at radius 3 is 2.05 bits per heavy atom. The summed E-state index contributed by atoms with van der Waals surface area (Å²) < 4.78 is 156. The van der Waals surface area contributed by atoms with Gasteiger partial charge in [-0.25, -0.2) is 12.9 Å². The van der Waals surface area contributed by atoms with Crippen molar-refractivity contribution in [2.75, 3.05) is 37.0 Å². The molecule has 42 heavy (non-hydrogen) atoms. The number of rotatable bonds is 4. The molecule has 228 valence electrons. The van der Waals surface area contributed by atoms with Gasteiger partial charge in [-0.3, -0.25) is 9.80 Å². The molecule has 7 nitrogen and oxygen atoms in total. The zero-order chi connectivity index (χ0) is 31.2. The summed E-state index contributed by atoms with van der Waals surface area (Å²) in [7, 11) is -2.15. The van der Waals surface area contributed by atoms with E-state index in [0.717, 1.165) is 30.3 Å². The van der Waals surface area contributed by atoms with Crippen molar-refractivity contribution in [2.24, 2.45) is 0 Å². The Bertz CT molecular complexity index is 1600. The zero-order valence-corrected chi connectivity index (χ0v) is 22.5. The van der Waals surface area contributed by atoms with E-state index in [2.05, 4.69) is 0 Å². The minimum absolute atomic E-state index is 0.0780. The summed E-state index contributed by atoms with van der Waals surface area (Å²) >= 11 is 0. The Morgan fingerprint density at radius 2 is 1.52 bits per heavy atom. The van der Waals surface area contributed by atoms with Gasteiger partial charge in [0.15, 0.2) is 40.7 Å². The number of likely N-dealkylation sites (N-methyl/N-ethyl adjacent to an activating group) is 1. The van der Waals surface area contributed by atoms with E-state index in [1.54, 1.807) is 0 Å². The van der Waals surface area contributed by atoms with Crippen LogP contribution >= 0.6 is 0 Å². The smallest absolute Gasteiger partial charge is 0.438 e. The van der Waals surface area contributed by atoms with Crippen LogP contribution in [0.15, 0.2) is 60.4 Å². The Balaban J connectivity index is 1.55. The van der Waals surface area contributed by atoms with E-state index in [4.69, 9.17) is 0 Å². The van der Waals surface area contributed by atoms with E-state index in [9.17, 15) is 52.5 Å². The molecule has 0 aromatic heterocycles. The van der Waals surface area contributed by atoms with Gasteiger partial charge in [-0.2, -0.15) is 39.5 Å². The highest BCUT2D eigenvalue weighted by molar-refractivity contribution is 7.86. The van der Waals surface area contributed by atoms with Crippen molar-refractivity contribution < 1.29 is 57.4 Å². The van der Waals surface area contributed by atoms with Crippen LogP contribution in [-0.4, -0.2) is 57.9 Å². The van der Waals surface area contributed by atoms with Gasteiger partial charge in [-0.15, -0.1) is 0 Å². The average Bonchev–Trinajstić information content (AvgIpc) is 3.51. The molecule has 0 radical (unpaired) electrons. The van der Waals surface area contributed by atoms with Crippen LogP contribution in [-0.2, 0) is 22.5 Å². The third-order valence-electron chi connectivity index (χ3n) is 7.74. The Kier molecular flexibility index (Phi) is 6.73. The number of fused-ring (bicyclic) bond motifs is 3. The van der Waals surface area contributed by atoms with Gasteiger partial charge in [0.1, 0.15) is 11.4 Å². The molecule has 1 N–H and O–H groups in total. The molecule has 5 rings (SSSR count). The summed E-state index contributed by atoms with van der Waals surface area (Å²) in [5.74, 6) is 0.0832. The van der Waals surface area contributed by atoms with Crippen molar-refractivity contribution in [3.63, 3.8) is 0 Å². The number of halogens is 9. The number of anilines is 2. The van der Waals surface area contributed by atoms with Crippen molar-refractivity contribution in [1.29, 1.82) is 0 Å². The normalized spacial score (nSPS) is 27.0. The molecule has 1 saturated heterocycles. The SMILES string of the molecule is CN1/C(=C\C=C\C2N(C)c3ccc(C(F)(F)F)cc3[NH+]2CC(F)(F)F)[N+]2(CC2S(=O)(=O)[O-])c2cc(C(F)(F)F)ccc21. The largest absolute Gasteiger partial charge is 0.743 e. The molecule has 0 amide bonds. The molecule has 4 unspecified atom stereocenters. The number of hydrogen-bond donors (Lipinski definition) is 1. The van der Waals surface area contributed by atoms with E-state index < -0.39 is 62.3 Å². The van der Waals surface area contributed by atoms with Crippen LogP contribution in [0.2, 0.25) is 0 Å². The summed E-state index contributed by atoms with van der Waals surface area (Å²) in [5, 5.41) is -1.63. The van der Waals surface area contributed by atoms with Gasteiger partial charge in [0.25, 0.3) is 0 Å². The van der Waals surface area contributed by atoms with E-state index in [1.165, 1.54) is 42.1 Å².